The van der Waals surface area contributed by atoms with Crippen LogP contribution in [0.1, 0.15) is 45.1 Å². The minimum atomic E-state index is -0.845. The number of fused-ring (bicyclic) bond motifs is 1. The van der Waals surface area contributed by atoms with Crippen LogP contribution in [0.25, 0.3) is 11.0 Å². The molecule has 0 aliphatic heterocycles. The van der Waals surface area contributed by atoms with Gasteiger partial charge in [0.25, 0.3) is 0 Å². The van der Waals surface area contributed by atoms with E-state index in [4.69, 9.17) is 5.73 Å². The Hall–Kier alpha value is -1.65. The first-order chi connectivity index (χ1) is 9.63. The van der Waals surface area contributed by atoms with Gasteiger partial charge in [0.2, 0.25) is 5.95 Å². The number of nitrogens with zero attached hydrogens (tertiary/aromatic N) is 2. The largest absolute Gasteiger partial charge is 0.369 e. The minimum absolute atomic E-state index is 0.120. The van der Waals surface area contributed by atoms with Gasteiger partial charge in [0, 0.05) is 6.04 Å². The van der Waals surface area contributed by atoms with Gasteiger partial charge in [0.1, 0.15) is 5.52 Å². The molecule has 1 fully saturated rings. The van der Waals surface area contributed by atoms with E-state index in [-0.39, 0.29) is 17.5 Å². The summed E-state index contributed by atoms with van der Waals surface area (Å²) >= 11 is 0. The molecular weight excluding hydrogens is 260 g/mol. The fourth-order valence-corrected chi connectivity index (χ4v) is 3.48. The van der Waals surface area contributed by atoms with Gasteiger partial charge >= 0.3 is 0 Å². The third-order valence-electron chi connectivity index (χ3n) is 4.50. The number of benzene rings is 1. The zero-order valence-corrected chi connectivity index (χ0v) is 11.6. The fraction of sp³-hybridized carbons (Fsp3) is 0.533. The normalized spacial score (nSPS) is 23.4. The average molecular weight is 279 g/mol. The molecule has 1 aliphatic rings. The number of hydrogen-bond donors (Lipinski definition) is 1. The van der Waals surface area contributed by atoms with Crippen LogP contribution in [-0.4, -0.2) is 9.55 Å². The van der Waals surface area contributed by atoms with Gasteiger partial charge in [0.15, 0.2) is 11.6 Å². The highest BCUT2D eigenvalue weighted by atomic mass is 19.2. The molecule has 0 saturated heterocycles. The van der Waals surface area contributed by atoms with Gasteiger partial charge in [-0.25, -0.2) is 13.8 Å². The van der Waals surface area contributed by atoms with Crippen LogP contribution >= 0.6 is 0 Å². The summed E-state index contributed by atoms with van der Waals surface area (Å²) in [5.41, 5.74) is 6.63. The van der Waals surface area contributed by atoms with Crippen LogP contribution in [0.5, 0.6) is 0 Å². The Morgan fingerprint density at radius 3 is 2.80 bits per heavy atom. The summed E-state index contributed by atoms with van der Waals surface area (Å²) in [6.45, 7) is 2.13. The van der Waals surface area contributed by atoms with E-state index in [1.165, 1.54) is 12.5 Å². The third kappa shape index (κ3) is 1.96. The molecule has 2 atom stereocenters. The van der Waals surface area contributed by atoms with E-state index in [2.05, 4.69) is 11.9 Å². The van der Waals surface area contributed by atoms with Gasteiger partial charge in [-0.3, -0.25) is 0 Å². The SMILES string of the molecule is CCC1CCCCC1n1c(N)nc2ccc(F)c(F)c21. The summed E-state index contributed by atoms with van der Waals surface area (Å²) in [4.78, 5) is 4.19. The van der Waals surface area contributed by atoms with Crippen LogP contribution < -0.4 is 5.73 Å². The Kier molecular flexibility index (Phi) is 3.36. The lowest BCUT2D eigenvalue weighted by Gasteiger charge is -2.32. The maximum atomic E-state index is 14.2. The molecule has 108 valence electrons. The van der Waals surface area contributed by atoms with Gasteiger partial charge in [-0.05, 0) is 30.9 Å². The molecule has 2 N–H and O–H groups in total. The molecule has 2 unspecified atom stereocenters. The Morgan fingerprint density at radius 2 is 2.05 bits per heavy atom. The van der Waals surface area contributed by atoms with E-state index in [1.807, 2.05) is 0 Å². The third-order valence-corrected chi connectivity index (χ3v) is 4.50. The smallest absolute Gasteiger partial charge is 0.201 e. The molecule has 0 radical (unpaired) electrons. The summed E-state index contributed by atoms with van der Waals surface area (Å²) in [6.07, 6.45) is 5.36. The zero-order valence-electron chi connectivity index (χ0n) is 11.6. The molecule has 1 heterocycles. The van der Waals surface area contributed by atoms with Crippen molar-refractivity contribution in [3.63, 3.8) is 0 Å². The second-order valence-corrected chi connectivity index (χ2v) is 5.59. The first-order valence-corrected chi connectivity index (χ1v) is 7.25. The Labute approximate surface area is 116 Å². The van der Waals surface area contributed by atoms with Gasteiger partial charge in [-0.15, -0.1) is 0 Å². The number of hydrogen-bond acceptors (Lipinski definition) is 2. The van der Waals surface area contributed by atoms with Crippen LogP contribution in [0.3, 0.4) is 0 Å². The Morgan fingerprint density at radius 1 is 1.30 bits per heavy atom. The van der Waals surface area contributed by atoms with Gasteiger partial charge in [-0.2, -0.15) is 0 Å². The van der Waals surface area contributed by atoms with E-state index in [9.17, 15) is 8.78 Å². The molecular formula is C15H19F2N3. The van der Waals surface area contributed by atoms with Crippen molar-refractivity contribution < 1.29 is 8.78 Å². The zero-order chi connectivity index (χ0) is 14.3. The highest BCUT2D eigenvalue weighted by Gasteiger charge is 2.29. The van der Waals surface area contributed by atoms with Crippen molar-refractivity contribution in [3.05, 3.63) is 23.8 Å². The van der Waals surface area contributed by atoms with Crippen LogP contribution in [0.15, 0.2) is 12.1 Å². The summed E-state index contributed by atoms with van der Waals surface area (Å²) in [7, 11) is 0. The lowest BCUT2D eigenvalue weighted by atomic mass is 9.82. The Balaban J connectivity index is 2.19. The maximum absolute atomic E-state index is 14.2. The number of anilines is 1. The van der Waals surface area contributed by atoms with Crippen LogP contribution in [0.4, 0.5) is 14.7 Å². The highest BCUT2D eigenvalue weighted by Crippen LogP contribution is 2.39. The number of nitrogens with two attached hydrogens (primary N) is 1. The molecule has 0 spiro atoms. The van der Waals surface area contributed by atoms with Crippen molar-refractivity contribution in [2.75, 3.05) is 5.73 Å². The van der Waals surface area contributed by atoms with E-state index in [0.29, 0.717) is 11.4 Å². The molecule has 1 aromatic heterocycles. The highest BCUT2D eigenvalue weighted by molar-refractivity contribution is 5.79. The second kappa shape index (κ2) is 5.04. The van der Waals surface area contributed by atoms with Crippen molar-refractivity contribution in [2.45, 2.75) is 45.1 Å². The molecule has 1 saturated carbocycles. The van der Waals surface area contributed by atoms with Crippen molar-refractivity contribution >= 4 is 17.0 Å². The second-order valence-electron chi connectivity index (χ2n) is 5.59. The van der Waals surface area contributed by atoms with E-state index >= 15 is 0 Å². The average Bonchev–Trinajstić information content (AvgIpc) is 2.80. The van der Waals surface area contributed by atoms with Gasteiger partial charge < -0.3 is 10.3 Å². The summed E-state index contributed by atoms with van der Waals surface area (Å²) in [5.74, 6) is -0.949. The van der Waals surface area contributed by atoms with Crippen LogP contribution in [0.2, 0.25) is 0 Å². The molecule has 3 nitrogen and oxygen atoms in total. The fourth-order valence-electron chi connectivity index (χ4n) is 3.48. The molecule has 1 aromatic carbocycles. The molecule has 5 heteroatoms. The molecule has 0 bridgehead atoms. The van der Waals surface area contributed by atoms with E-state index in [1.54, 1.807) is 4.57 Å². The quantitative estimate of drug-likeness (QED) is 0.901. The predicted molar refractivity (Wildman–Crippen MR) is 75.3 cm³/mol. The topological polar surface area (TPSA) is 43.8 Å². The number of nitrogen functional groups attached to an aromatic ring is 1. The Bertz CT molecular complexity index is 636. The molecule has 3 rings (SSSR count). The van der Waals surface area contributed by atoms with E-state index in [0.717, 1.165) is 31.7 Å². The van der Waals surface area contributed by atoms with Gasteiger partial charge in [-0.1, -0.05) is 26.2 Å². The minimum Gasteiger partial charge on any atom is -0.369 e. The molecule has 2 aromatic rings. The summed E-state index contributed by atoms with van der Waals surface area (Å²) in [5, 5.41) is 0. The lowest BCUT2D eigenvalue weighted by Crippen LogP contribution is -2.24. The van der Waals surface area contributed by atoms with Crippen LogP contribution in [-0.2, 0) is 0 Å². The standard InChI is InChI=1S/C15H19F2N3/c1-2-9-5-3-4-6-12(9)20-14-11(19-15(20)18)8-7-10(16)13(14)17/h7-9,12H,2-6H2,1H3,(H2,18,19). The van der Waals surface area contributed by atoms with E-state index < -0.39 is 11.6 Å². The summed E-state index contributed by atoms with van der Waals surface area (Å²) < 4.78 is 29.4. The summed E-state index contributed by atoms with van der Waals surface area (Å²) in [6, 6.07) is 2.71. The number of aromatic nitrogens is 2. The van der Waals surface area contributed by atoms with Crippen LogP contribution in [0, 0.1) is 17.6 Å². The predicted octanol–water partition coefficient (Wildman–Crippen LogP) is 4.04. The van der Waals surface area contributed by atoms with Crippen molar-refractivity contribution in [1.82, 2.24) is 9.55 Å². The van der Waals surface area contributed by atoms with Crippen molar-refractivity contribution in [1.29, 1.82) is 0 Å². The lowest BCUT2D eigenvalue weighted by molar-refractivity contribution is 0.238. The number of halogens is 2. The van der Waals surface area contributed by atoms with Gasteiger partial charge in [0.05, 0.1) is 5.52 Å². The monoisotopic (exact) mass is 279 g/mol. The number of rotatable bonds is 2. The molecule has 20 heavy (non-hydrogen) atoms. The first-order valence-electron chi connectivity index (χ1n) is 7.25. The molecule has 0 amide bonds. The first kappa shape index (κ1) is 13.3. The van der Waals surface area contributed by atoms with Crippen molar-refractivity contribution in [2.24, 2.45) is 5.92 Å². The van der Waals surface area contributed by atoms with Crippen molar-refractivity contribution in [3.8, 4) is 0 Å². The number of imidazole rings is 1. The molecule has 1 aliphatic carbocycles. The maximum Gasteiger partial charge on any atom is 0.201 e.